The molecule has 0 aromatic carbocycles. The van der Waals surface area contributed by atoms with E-state index in [-0.39, 0.29) is 37.1 Å². The first-order valence-electron chi connectivity index (χ1n) is 21.6. The van der Waals surface area contributed by atoms with Crippen LogP contribution in [0.3, 0.4) is 0 Å². The Morgan fingerprint density at radius 1 is 0.719 bits per heavy atom. The molecule has 5 N–H and O–H groups in total. The van der Waals surface area contributed by atoms with Crippen molar-refractivity contribution in [2.24, 2.45) is 11.8 Å². The minimum absolute atomic E-state index is 0.0537. The van der Waals surface area contributed by atoms with E-state index in [1.807, 2.05) is 13.2 Å². The van der Waals surface area contributed by atoms with E-state index in [1.54, 1.807) is 4.90 Å². The molecule has 7 atom stereocenters. The van der Waals surface area contributed by atoms with Crippen molar-refractivity contribution in [1.29, 1.82) is 0 Å². The standard InChI is InChI=1S/C41H69N7O8S/c1-5-20-42-39(54)36(28(3)49)45-38(53)33-16-11-24-48(33)41(56)31(19-25-57-4)44-37(52)32-15-9-10-23-47(32)40(55)30(17-18-35(51)46-21-12-22-46)43-34(50)26-27(2)29-13-7-6-8-14-29/h27-33,36,49H,5-26H2,1-4H3,(H,42,54)(H,43,50)(H,44,52)(H,45,53)/t27-,28?,30-,31-,32-,33-,36-/m0/s1. The Morgan fingerprint density at radius 3 is 1.91 bits per heavy atom. The van der Waals surface area contributed by atoms with Gasteiger partial charge in [-0.15, -0.1) is 0 Å². The lowest BCUT2D eigenvalue weighted by atomic mass is 9.79. The van der Waals surface area contributed by atoms with Gasteiger partial charge in [0.2, 0.25) is 41.4 Å². The molecule has 1 saturated carbocycles. The van der Waals surface area contributed by atoms with Crippen molar-refractivity contribution < 1.29 is 38.7 Å². The zero-order chi connectivity index (χ0) is 41.5. The van der Waals surface area contributed by atoms with Gasteiger partial charge in [0, 0.05) is 45.6 Å². The number of nitrogens with one attached hydrogen (secondary N) is 4. The number of thioether (sulfide) groups is 1. The molecule has 7 amide bonds. The van der Waals surface area contributed by atoms with E-state index in [0.717, 1.165) is 32.1 Å². The van der Waals surface area contributed by atoms with Crippen LogP contribution in [0.4, 0.5) is 0 Å². The van der Waals surface area contributed by atoms with Gasteiger partial charge in [-0.25, -0.2) is 0 Å². The minimum Gasteiger partial charge on any atom is -0.391 e. The third kappa shape index (κ3) is 13.3. The van der Waals surface area contributed by atoms with E-state index in [4.69, 9.17) is 0 Å². The molecule has 3 heterocycles. The van der Waals surface area contributed by atoms with Gasteiger partial charge in [0.05, 0.1) is 6.10 Å². The molecule has 4 fully saturated rings. The highest BCUT2D eigenvalue weighted by molar-refractivity contribution is 7.98. The number of hydrogen-bond donors (Lipinski definition) is 5. The summed E-state index contributed by atoms with van der Waals surface area (Å²) in [6, 6.07) is -4.89. The Labute approximate surface area is 343 Å². The minimum atomic E-state index is -1.19. The zero-order valence-corrected chi connectivity index (χ0v) is 35.5. The van der Waals surface area contributed by atoms with Crippen molar-refractivity contribution in [2.45, 2.75) is 160 Å². The average molecular weight is 820 g/mol. The first-order chi connectivity index (χ1) is 27.4. The highest BCUT2D eigenvalue weighted by atomic mass is 32.2. The fourth-order valence-corrected chi connectivity index (χ4v) is 9.08. The quantitative estimate of drug-likeness (QED) is 0.122. The molecular weight excluding hydrogens is 751 g/mol. The topological polar surface area (TPSA) is 198 Å². The van der Waals surface area contributed by atoms with Gasteiger partial charge in [-0.05, 0) is 88.6 Å². The molecule has 0 bridgehead atoms. The van der Waals surface area contributed by atoms with Crippen LogP contribution in [0.25, 0.3) is 0 Å². The van der Waals surface area contributed by atoms with E-state index in [9.17, 15) is 38.7 Å². The Bertz CT molecular complexity index is 1390. The third-order valence-corrected chi connectivity index (χ3v) is 12.9. The first-order valence-corrected chi connectivity index (χ1v) is 23.0. The normalized spacial score (nSPS) is 22.6. The van der Waals surface area contributed by atoms with Crippen LogP contribution in [-0.4, -0.2) is 142 Å². The predicted octanol–water partition coefficient (Wildman–Crippen LogP) is 2.09. The van der Waals surface area contributed by atoms with Gasteiger partial charge in [-0.1, -0.05) is 46.0 Å². The molecule has 4 aliphatic rings. The summed E-state index contributed by atoms with van der Waals surface area (Å²) in [5.41, 5.74) is 0. The molecule has 16 heteroatoms. The lowest BCUT2D eigenvalue weighted by Crippen LogP contribution is -2.61. The van der Waals surface area contributed by atoms with Crippen LogP contribution in [0.5, 0.6) is 0 Å². The van der Waals surface area contributed by atoms with E-state index in [0.29, 0.717) is 89.2 Å². The summed E-state index contributed by atoms with van der Waals surface area (Å²) in [5.74, 6) is -1.45. The number of aliphatic hydroxyl groups excluding tert-OH is 1. The van der Waals surface area contributed by atoms with E-state index < -0.39 is 65.8 Å². The monoisotopic (exact) mass is 819 g/mol. The Morgan fingerprint density at radius 2 is 1.32 bits per heavy atom. The molecular formula is C41H69N7O8S. The lowest BCUT2D eigenvalue weighted by molar-refractivity contribution is -0.147. The maximum Gasteiger partial charge on any atom is 0.245 e. The van der Waals surface area contributed by atoms with E-state index in [2.05, 4.69) is 28.2 Å². The Kier molecular flexibility index (Phi) is 18.9. The highest BCUT2D eigenvalue weighted by Crippen LogP contribution is 2.31. The summed E-state index contributed by atoms with van der Waals surface area (Å²) in [5, 5.41) is 21.6. The molecule has 0 radical (unpaired) electrons. The van der Waals surface area contributed by atoms with Crippen molar-refractivity contribution in [3.05, 3.63) is 0 Å². The fraction of sp³-hybridized carbons (Fsp3) is 0.829. The van der Waals surface area contributed by atoms with Gasteiger partial charge in [0.15, 0.2) is 0 Å². The molecule has 15 nitrogen and oxygen atoms in total. The number of hydrogen-bond acceptors (Lipinski definition) is 9. The molecule has 4 rings (SSSR count). The van der Waals surface area contributed by atoms with Crippen molar-refractivity contribution >= 4 is 53.1 Å². The molecule has 0 spiro atoms. The second kappa shape index (κ2) is 23.3. The zero-order valence-electron chi connectivity index (χ0n) is 34.7. The Balaban J connectivity index is 1.46. The van der Waals surface area contributed by atoms with Gasteiger partial charge < -0.3 is 41.1 Å². The van der Waals surface area contributed by atoms with Crippen LogP contribution < -0.4 is 21.3 Å². The largest absolute Gasteiger partial charge is 0.391 e. The summed E-state index contributed by atoms with van der Waals surface area (Å²) in [6.07, 6.45) is 11.6. The predicted molar refractivity (Wildman–Crippen MR) is 219 cm³/mol. The highest BCUT2D eigenvalue weighted by Gasteiger charge is 2.42. The van der Waals surface area contributed by atoms with Crippen LogP contribution in [0.2, 0.25) is 0 Å². The van der Waals surface area contributed by atoms with E-state index >= 15 is 0 Å². The molecule has 322 valence electrons. The summed E-state index contributed by atoms with van der Waals surface area (Å²) < 4.78 is 0. The number of carbonyl (C=O) groups excluding carboxylic acids is 7. The van der Waals surface area contributed by atoms with Crippen molar-refractivity contribution in [2.75, 3.05) is 44.7 Å². The maximum absolute atomic E-state index is 14.4. The fourth-order valence-electron chi connectivity index (χ4n) is 8.61. The molecule has 0 aromatic rings. The second-order valence-electron chi connectivity index (χ2n) is 16.6. The van der Waals surface area contributed by atoms with Crippen LogP contribution in [0.1, 0.15) is 124 Å². The first kappa shape index (κ1) is 46.3. The van der Waals surface area contributed by atoms with Crippen LogP contribution in [0.15, 0.2) is 0 Å². The Hall–Kier alpha value is -3.40. The molecule has 1 unspecified atom stereocenters. The van der Waals surface area contributed by atoms with Crippen LogP contribution >= 0.6 is 11.8 Å². The molecule has 3 aliphatic heterocycles. The van der Waals surface area contributed by atoms with Gasteiger partial charge >= 0.3 is 0 Å². The van der Waals surface area contributed by atoms with Crippen molar-refractivity contribution in [3.8, 4) is 0 Å². The molecule has 1 aliphatic carbocycles. The van der Waals surface area contributed by atoms with Crippen LogP contribution in [-0.2, 0) is 33.6 Å². The van der Waals surface area contributed by atoms with Crippen LogP contribution in [0, 0.1) is 11.8 Å². The number of rotatable bonds is 20. The lowest BCUT2D eigenvalue weighted by Gasteiger charge is -2.38. The average Bonchev–Trinajstić information content (AvgIpc) is 3.68. The number of piperidine rings is 1. The number of amides is 7. The number of carbonyl (C=O) groups is 7. The van der Waals surface area contributed by atoms with Gasteiger partial charge in [0.1, 0.15) is 30.2 Å². The maximum atomic E-state index is 14.4. The SMILES string of the molecule is CCCNC(=O)[C@@H](NC(=O)[C@@H]1CCCN1C(=O)[C@H](CCSC)NC(=O)[C@@H]1CCCCN1C(=O)[C@H](CCC(=O)N1CCC1)NC(=O)C[C@H](C)C1CCCCC1)C(C)O. The smallest absolute Gasteiger partial charge is 0.245 e. The number of likely N-dealkylation sites (tertiary alicyclic amines) is 3. The van der Waals surface area contributed by atoms with Gasteiger partial charge in [-0.2, -0.15) is 11.8 Å². The second-order valence-corrected chi connectivity index (χ2v) is 17.6. The summed E-state index contributed by atoms with van der Waals surface area (Å²) in [7, 11) is 0. The van der Waals surface area contributed by atoms with E-state index in [1.165, 1.54) is 34.9 Å². The summed E-state index contributed by atoms with van der Waals surface area (Å²) >= 11 is 1.52. The molecule has 0 aromatic heterocycles. The number of nitrogens with zero attached hydrogens (tertiary/aromatic N) is 3. The van der Waals surface area contributed by atoms with Crippen molar-refractivity contribution in [1.82, 2.24) is 36.0 Å². The van der Waals surface area contributed by atoms with Gasteiger partial charge in [0.25, 0.3) is 0 Å². The molecule has 3 saturated heterocycles. The van der Waals surface area contributed by atoms with Gasteiger partial charge in [-0.3, -0.25) is 33.6 Å². The summed E-state index contributed by atoms with van der Waals surface area (Å²) in [6.45, 7) is 7.76. The van der Waals surface area contributed by atoms with Crippen molar-refractivity contribution in [3.63, 3.8) is 0 Å². The number of aliphatic hydroxyl groups is 1. The third-order valence-electron chi connectivity index (χ3n) is 12.2. The summed E-state index contributed by atoms with van der Waals surface area (Å²) in [4.78, 5) is 100. The molecule has 57 heavy (non-hydrogen) atoms.